The monoisotopic (exact) mass is 585 g/mol. The molecule has 0 bridgehead atoms. The van der Waals surface area contributed by atoms with Crippen molar-refractivity contribution in [2.75, 3.05) is 19.5 Å². The molecular weight excluding hydrogens is 554 g/mol. The van der Waals surface area contributed by atoms with Crippen molar-refractivity contribution in [1.82, 2.24) is 14.5 Å². The van der Waals surface area contributed by atoms with E-state index in [1.165, 1.54) is 10.2 Å². The number of fused-ring (bicyclic) bond motifs is 2. The molecule has 1 saturated carbocycles. The van der Waals surface area contributed by atoms with Gasteiger partial charge >= 0.3 is 0 Å². The van der Waals surface area contributed by atoms with Crippen LogP contribution < -0.4 is 15.4 Å². The van der Waals surface area contributed by atoms with Gasteiger partial charge in [-0.15, -0.1) is 0 Å². The number of hydrogen-bond acceptors (Lipinski definition) is 6. The molecule has 3 aliphatic carbocycles. The van der Waals surface area contributed by atoms with Crippen LogP contribution >= 0.6 is 15.9 Å². The smallest absolute Gasteiger partial charge is 0.237 e. The van der Waals surface area contributed by atoms with Gasteiger partial charge in [0.15, 0.2) is 0 Å². The first kappa shape index (κ1) is 25.8. The van der Waals surface area contributed by atoms with Crippen molar-refractivity contribution >= 4 is 44.0 Å². The van der Waals surface area contributed by atoms with E-state index in [1.807, 2.05) is 18.2 Å². The fourth-order valence-corrected chi connectivity index (χ4v) is 5.88. The van der Waals surface area contributed by atoms with Crippen LogP contribution in [0.1, 0.15) is 38.5 Å². The van der Waals surface area contributed by atoms with Crippen LogP contribution in [0.2, 0.25) is 0 Å². The van der Waals surface area contributed by atoms with Crippen molar-refractivity contribution < 1.29 is 9.47 Å². The van der Waals surface area contributed by atoms with Crippen LogP contribution in [0.5, 0.6) is 5.88 Å². The molecule has 8 heteroatoms. The molecule has 200 valence electrons. The van der Waals surface area contributed by atoms with Crippen LogP contribution in [0, 0.1) is 0 Å². The van der Waals surface area contributed by atoms with Crippen LogP contribution in [0.3, 0.4) is 0 Å². The molecule has 1 N–H and O–H groups in total. The summed E-state index contributed by atoms with van der Waals surface area (Å²) < 4.78 is 14.7. The average molecular weight is 587 g/mol. The minimum absolute atomic E-state index is 0.236. The molecule has 7 nitrogen and oxygen atoms in total. The Morgan fingerprint density at radius 2 is 1.82 bits per heavy atom. The highest BCUT2D eigenvalue weighted by atomic mass is 79.9. The fraction of sp³-hybridized carbons (Fsp3) is 0.323. The maximum atomic E-state index is 5.61. The Morgan fingerprint density at radius 3 is 2.59 bits per heavy atom. The molecule has 39 heavy (non-hydrogen) atoms. The molecule has 0 saturated heterocycles. The van der Waals surface area contributed by atoms with E-state index in [0.29, 0.717) is 12.0 Å². The first-order valence-electron chi connectivity index (χ1n) is 13.5. The number of nitrogens with one attached hydrogen (secondary N) is 1. The number of allylic oxidation sites excluding steroid dienone is 4. The lowest BCUT2D eigenvalue weighted by atomic mass is 9.93. The van der Waals surface area contributed by atoms with Gasteiger partial charge in [-0.2, -0.15) is 0 Å². The molecule has 4 aliphatic rings. The number of halogens is 1. The van der Waals surface area contributed by atoms with Gasteiger partial charge < -0.3 is 19.4 Å². The van der Waals surface area contributed by atoms with E-state index in [4.69, 9.17) is 19.5 Å². The lowest BCUT2D eigenvalue weighted by Crippen LogP contribution is -2.25. The highest BCUT2D eigenvalue weighted by molar-refractivity contribution is 9.11. The number of anilines is 2. The van der Waals surface area contributed by atoms with E-state index in [2.05, 4.69) is 73.3 Å². The third kappa shape index (κ3) is 5.36. The number of para-hydroxylation sites is 2. The van der Waals surface area contributed by atoms with Crippen LogP contribution in [-0.4, -0.2) is 40.9 Å². The van der Waals surface area contributed by atoms with E-state index in [9.17, 15) is 0 Å². The maximum Gasteiger partial charge on any atom is 0.237 e. The summed E-state index contributed by atoms with van der Waals surface area (Å²) in [6.07, 6.45) is 12.4. The molecule has 0 unspecified atom stereocenters. The van der Waals surface area contributed by atoms with Gasteiger partial charge in [0.25, 0.3) is 0 Å². The molecule has 6 rings (SSSR count). The topological polar surface area (TPSA) is 73.6 Å². The van der Waals surface area contributed by atoms with Gasteiger partial charge in [-0.05, 0) is 85.5 Å². The number of ether oxygens (including phenoxy) is 2. The zero-order valence-electron chi connectivity index (χ0n) is 22.2. The lowest BCUT2D eigenvalue weighted by molar-refractivity contribution is 0.0663. The lowest BCUT2D eigenvalue weighted by Gasteiger charge is -2.26. The van der Waals surface area contributed by atoms with Gasteiger partial charge in [0.2, 0.25) is 5.88 Å². The Labute approximate surface area is 236 Å². The van der Waals surface area contributed by atoms with Gasteiger partial charge in [0, 0.05) is 19.0 Å². The number of methoxy groups -OCH3 is 2. The van der Waals surface area contributed by atoms with Crippen LogP contribution in [0.15, 0.2) is 76.4 Å². The summed E-state index contributed by atoms with van der Waals surface area (Å²) in [4.78, 5) is 14.8. The van der Waals surface area contributed by atoms with Crippen LogP contribution in [0.25, 0.3) is 28.1 Å². The molecule has 1 fully saturated rings. The first-order valence-corrected chi connectivity index (χ1v) is 14.3. The first-order chi connectivity index (χ1) is 19.1. The van der Waals surface area contributed by atoms with E-state index in [-0.39, 0.29) is 6.04 Å². The van der Waals surface area contributed by atoms with Crippen molar-refractivity contribution in [1.29, 1.82) is 0 Å². The Balaban J connectivity index is 1.57. The Kier molecular flexibility index (Phi) is 7.48. The zero-order valence-corrected chi connectivity index (χ0v) is 23.8. The van der Waals surface area contributed by atoms with Gasteiger partial charge in [-0.3, -0.25) is 4.99 Å². The van der Waals surface area contributed by atoms with Crippen molar-refractivity contribution in [3.05, 3.63) is 76.7 Å². The largest absolute Gasteiger partial charge is 0.480 e. The molecule has 1 aromatic carbocycles. The Hall–Kier alpha value is -3.49. The van der Waals surface area contributed by atoms with E-state index >= 15 is 0 Å². The second kappa shape index (κ2) is 11.3. The number of hydrogen-bond donors (Lipinski definition) is 1. The Morgan fingerprint density at radius 1 is 0.974 bits per heavy atom. The van der Waals surface area contributed by atoms with E-state index in [1.54, 1.807) is 20.4 Å². The summed E-state index contributed by atoms with van der Waals surface area (Å²) in [7, 11) is 3.44. The standard InChI is InChI=1S/C31H32BrN5O2/c1-38-23-15-11-21(12-16-23)34-27-19-30-28(18-26(27)36-25-7-5-17-33-31(25)39-2)35-24-6-3-4-8-29(24)37(30)22-13-9-20(32)10-14-22/h3-9,13,17-19,21,23,36H,10-12,14-16H2,1-2H3/b34-27+. The molecule has 0 radical (unpaired) electrons. The summed E-state index contributed by atoms with van der Waals surface area (Å²) in [5, 5.41) is 4.47. The second-order valence-electron chi connectivity index (χ2n) is 10.0. The summed E-state index contributed by atoms with van der Waals surface area (Å²) in [5.74, 6) is 0.537. The van der Waals surface area contributed by atoms with Gasteiger partial charge in [0.1, 0.15) is 5.69 Å². The summed E-state index contributed by atoms with van der Waals surface area (Å²) >= 11 is 3.66. The SMILES string of the molecule is COc1ncccc1Nc1cc2nc3ccccc3n(C3=CC=C(Br)CC3)c-2c/c1=N\C1CCC(OC)CC1. The summed E-state index contributed by atoms with van der Waals surface area (Å²) in [6.45, 7) is 0. The Bertz CT molecular complexity index is 1600. The average Bonchev–Trinajstić information content (AvgIpc) is 2.97. The molecule has 0 amide bonds. The fourth-order valence-electron chi connectivity index (χ4n) is 5.55. The van der Waals surface area contributed by atoms with E-state index in [0.717, 1.165) is 77.7 Å². The quantitative estimate of drug-likeness (QED) is 0.245. The minimum Gasteiger partial charge on any atom is -0.480 e. The van der Waals surface area contributed by atoms with Gasteiger partial charge in [-0.1, -0.05) is 34.1 Å². The van der Waals surface area contributed by atoms with Gasteiger partial charge in [0.05, 0.1) is 52.7 Å². The summed E-state index contributed by atoms with van der Waals surface area (Å²) in [5.41, 5.74) is 6.89. The minimum atomic E-state index is 0.236. The molecule has 0 spiro atoms. The van der Waals surface area contributed by atoms with Crippen LogP contribution in [-0.2, 0) is 4.74 Å². The third-order valence-electron chi connectivity index (χ3n) is 7.59. The van der Waals surface area contributed by atoms with Crippen LogP contribution in [0.4, 0.5) is 11.4 Å². The molecule has 0 atom stereocenters. The number of benzene rings is 2. The maximum absolute atomic E-state index is 5.61. The summed E-state index contributed by atoms with van der Waals surface area (Å²) in [6, 6.07) is 16.7. The number of nitrogens with zero attached hydrogens (tertiary/aromatic N) is 4. The predicted molar refractivity (Wildman–Crippen MR) is 160 cm³/mol. The third-order valence-corrected chi connectivity index (χ3v) is 8.25. The highest BCUT2D eigenvalue weighted by Crippen LogP contribution is 2.35. The molecule has 2 heterocycles. The van der Waals surface area contributed by atoms with Crippen molar-refractivity contribution in [3.8, 4) is 17.3 Å². The zero-order chi connectivity index (χ0) is 26.8. The molecule has 1 aliphatic heterocycles. The van der Waals surface area contributed by atoms with Crippen molar-refractivity contribution in [2.45, 2.75) is 50.7 Å². The van der Waals surface area contributed by atoms with Crippen molar-refractivity contribution in [3.63, 3.8) is 0 Å². The number of pyridine rings is 1. The van der Waals surface area contributed by atoms with Crippen molar-refractivity contribution in [2.24, 2.45) is 4.99 Å². The number of aromatic nitrogens is 3. The molecule has 1 aromatic heterocycles. The normalized spacial score (nSPS) is 20.1. The molecular formula is C31H32BrN5O2. The highest BCUT2D eigenvalue weighted by Gasteiger charge is 2.22. The number of rotatable bonds is 6. The van der Waals surface area contributed by atoms with Gasteiger partial charge in [-0.25, -0.2) is 9.97 Å². The second-order valence-corrected chi connectivity index (χ2v) is 11.1. The predicted octanol–water partition coefficient (Wildman–Crippen LogP) is 7.06. The van der Waals surface area contributed by atoms with E-state index < -0.39 is 0 Å². The molecule has 2 aromatic rings.